The van der Waals surface area contributed by atoms with Gasteiger partial charge in [-0.05, 0) is 37.1 Å². The van der Waals surface area contributed by atoms with Crippen LogP contribution in [0.2, 0.25) is 0 Å². The van der Waals surface area contributed by atoms with E-state index in [-0.39, 0.29) is 12.0 Å². The number of carbonyl (C=O) groups excluding carboxylic acids is 1. The van der Waals surface area contributed by atoms with Crippen molar-refractivity contribution >= 4 is 23.3 Å². The van der Waals surface area contributed by atoms with E-state index >= 15 is 0 Å². The molecule has 10 nitrogen and oxygen atoms in total. The number of aliphatic hydroxyl groups excluding tert-OH is 1. The summed E-state index contributed by atoms with van der Waals surface area (Å²) in [6.07, 6.45) is 5.74. The Bertz CT molecular complexity index is 1340. The van der Waals surface area contributed by atoms with Crippen LogP contribution in [0.4, 0.5) is 17.4 Å². The standard InChI is InChI=1S/C27H29N5O5/c1-31(26(34)16-32-11-9-19(33)10-12-32)22-6-4-3-5-20(22)25-15-29-27(37-25)30-18-7-8-21(23(13-18)35-2)24-14-28-17-36-24/h3-8,13-15,17,19,33H,9-12,16H2,1-2H3,(H,29,30). The zero-order chi connectivity index (χ0) is 25.8. The molecule has 2 aromatic heterocycles. The number of para-hydroxylation sites is 1. The third kappa shape index (κ3) is 5.50. The van der Waals surface area contributed by atoms with E-state index in [0.29, 0.717) is 55.8 Å². The maximum absolute atomic E-state index is 13.0. The number of methoxy groups -OCH3 is 1. The van der Waals surface area contributed by atoms with Crippen molar-refractivity contribution in [3.05, 3.63) is 61.3 Å². The van der Waals surface area contributed by atoms with Crippen molar-refractivity contribution < 1.29 is 23.5 Å². The van der Waals surface area contributed by atoms with Gasteiger partial charge in [-0.2, -0.15) is 0 Å². The smallest absolute Gasteiger partial charge is 0.299 e. The topological polar surface area (TPSA) is 117 Å². The van der Waals surface area contributed by atoms with Crippen LogP contribution < -0.4 is 15.0 Å². The number of benzene rings is 2. The lowest BCUT2D eigenvalue weighted by Crippen LogP contribution is -2.43. The summed E-state index contributed by atoms with van der Waals surface area (Å²) in [6, 6.07) is 13.4. The molecule has 0 saturated carbocycles. The molecule has 5 rings (SSSR count). The zero-order valence-electron chi connectivity index (χ0n) is 20.8. The first-order chi connectivity index (χ1) is 18.0. The highest BCUT2D eigenvalue weighted by atomic mass is 16.5. The van der Waals surface area contributed by atoms with E-state index < -0.39 is 0 Å². The van der Waals surface area contributed by atoms with Gasteiger partial charge in [0.15, 0.2) is 17.9 Å². The second-order valence-electron chi connectivity index (χ2n) is 8.91. The molecule has 10 heteroatoms. The number of anilines is 3. The molecule has 0 unspecified atom stereocenters. The summed E-state index contributed by atoms with van der Waals surface area (Å²) in [7, 11) is 3.35. The molecule has 4 aromatic rings. The average Bonchev–Trinajstić information content (AvgIpc) is 3.62. The first-order valence-electron chi connectivity index (χ1n) is 12.1. The predicted octanol–water partition coefficient (Wildman–Crippen LogP) is 4.17. The number of oxazole rings is 2. The molecule has 2 aromatic carbocycles. The summed E-state index contributed by atoms with van der Waals surface area (Å²) >= 11 is 0. The molecule has 37 heavy (non-hydrogen) atoms. The molecule has 0 bridgehead atoms. The normalized spacial score (nSPS) is 14.5. The van der Waals surface area contributed by atoms with Gasteiger partial charge in [0.2, 0.25) is 5.91 Å². The maximum atomic E-state index is 13.0. The van der Waals surface area contributed by atoms with E-state index in [4.69, 9.17) is 13.6 Å². The van der Waals surface area contributed by atoms with Crippen molar-refractivity contribution in [1.29, 1.82) is 0 Å². The molecule has 0 aliphatic carbocycles. The Morgan fingerprint density at radius 1 is 1.16 bits per heavy atom. The van der Waals surface area contributed by atoms with Crippen LogP contribution in [0.5, 0.6) is 5.75 Å². The summed E-state index contributed by atoms with van der Waals surface area (Å²) in [4.78, 5) is 25.1. The van der Waals surface area contributed by atoms with Crippen LogP contribution in [0, 0.1) is 0 Å². The summed E-state index contributed by atoms with van der Waals surface area (Å²) in [5.41, 5.74) is 2.98. The molecular weight excluding hydrogens is 474 g/mol. The summed E-state index contributed by atoms with van der Waals surface area (Å²) in [5, 5.41) is 12.9. The van der Waals surface area contributed by atoms with Crippen LogP contribution in [0.3, 0.4) is 0 Å². The third-order valence-electron chi connectivity index (χ3n) is 6.48. The van der Waals surface area contributed by atoms with Gasteiger partial charge in [-0.3, -0.25) is 9.69 Å². The number of nitrogens with one attached hydrogen (secondary N) is 1. The zero-order valence-corrected chi connectivity index (χ0v) is 20.8. The number of likely N-dealkylation sites (tertiary alicyclic amines) is 1. The first-order valence-corrected chi connectivity index (χ1v) is 12.1. The highest BCUT2D eigenvalue weighted by molar-refractivity contribution is 5.98. The minimum atomic E-state index is -0.272. The number of carbonyl (C=O) groups is 1. The highest BCUT2D eigenvalue weighted by Gasteiger charge is 2.23. The lowest BCUT2D eigenvalue weighted by molar-refractivity contribution is -0.120. The van der Waals surface area contributed by atoms with Crippen LogP contribution in [0.1, 0.15) is 12.8 Å². The largest absolute Gasteiger partial charge is 0.496 e. The van der Waals surface area contributed by atoms with Crippen molar-refractivity contribution in [2.75, 3.05) is 44.0 Å². The minimum absolute atomic E-state index is 0.0272. The fraction of sp³-hybridized carbons (Fsp3) is 0.296. The van der Waals surface area contributed by atoms with Crippen LogP contribution in [0.15, 0.2) is 70.1 Å². The van der Waals surface area contributed by atoms with E-state index in [9.17, 15) is 9.90 Å². The van der Waals surface area contributed by atoms with Gasteiger partial charge >= 0.3 is 0 Å². The van der Waals surface area contributed by atoms with Gasteiger partial charge in [0.25, 0.3) is 6.01 Å². The quantitative estimate of drug-likeness (QED) is 0.365. The second-order valence-corrected chi connectivity index (χ2v) is 8.91. The van der Waals surface area contributed by atoms with Gasteiger partial charge in [-0.25, -0.2) is 9.97 Å². The van der Waals surface area contributed by atoms with Gasteiger partial charge in [-0.15, -0.1) is 0 Å². The molecule has 0 atom stereocenters. The molecule has 1 saturated heterocycles. The Kier molecular flexibility index (Phi) is 7.20. The number of piperidine rings is 1. The van der Waals surface area contributed by atoms with Crippen LogP contribution in [-0.4, -0.2) is 65.8 Å². The molecule has 1 amide bonds. The van der Waals surface area contributed by atoms with Crippen LogP contribution >= 0.6 is 0 Å². The van der Waals surface area contributed by atoms with Crippen molar-refractivity contribution in [1.82, 2.24) is 14.9 Å². The number of nitrogens with zero attached hydrogens (tertiary/aromatic N) is 4. The van der Waals surface area contributed by atoms with Gasteiger partial charge in [0.05, 0.1) is 43.4 Å². The molecule has 0 spiro atoms. The molecule has 1 aliphatic rings. The SMILES string of the molecule is COc1cc(Nc2ncc(-c3ccccc3N(C)C(=O)CN3CCC(O)CC3)o2)ccc1-c1cnco1. The molecule has 3 heterocycles. The Balaban J connectivity index is 1.31. The minimum Gasteiger partial charge on any atom is -0.496 e. The lowest BCUT2D eigenvalue weighted by atomic mass is 10.1. The number of rotatable bonds is 8. The number of amides is 1. The Hall–Kier alpha value is -4.15. The lowest BCUT2D eigenvalue weighted by Gasteiger charge is -2.30. The molecule has 0 radical (unpaired) electrons. The van der Waals surface area contributed by atoms with Crippen molar-refractivity contribution in [3.63, 3.8) is 0 Å². The Morgan fingerprint density at radius 3 is 2.73 bits per heavy atom. The third-order valence-corrected chi connectivity index (χ3v) is 6.48. The van der Waals surface area contributed by atoms with Gasteiger partial charge in [-0.1, -0.05) is 12.1 Å². The number of hydrogen-bond acceptors (Lipinski definition) is 9. The molecular formula is C27H29N5O5. The number of aliphatic hydroxyl groups is 1. The molecule has 192 valence electrons. The van der Waals surface area contributed by atoms with Gasteiger partial charge in [0, 0.05) is 37.5 Å². The number of hydrogen-bond donors (Lipinski definition) is 2. The molecule has 2 N–H and O–H groups in total. The van der Waals surface area contributed by atoms with Crippen molar-refractivity contribution in [2.24, 2.45) is 0 Å². The van der Waals surface area contributed by atoms with E-state index in [1.807, 2.05) is 42.5 Å². The first kappa shape index (κ1) is 24.5. The second kappa shape index (κ2) is 10.9. The van der Waals surface area contributed by atoms with E-state index in [0.717, 1.165) is 22.5 Å². The molecule has 1 fully saturated rings. The van der Waals surface area contributed by atoms with E-state index in [2.05, 4.69) is 20.2 Å². The van der Waals surface area contributed by atoms with E-state index in [1.54, 1.807) is 31.5 Å². The van der Waals surface area contributed by atoms with Crippen molar-refractivity contribution in [3.8, 4) is 28.4 Å². The Labute approximate surface area is 214 Å². The van der Waals surface area contributed by atoms with Crippen LogP contribution in [-0.2, 0) is 4.79 Å². The fourth-order valence-corrected chi connectivity index (χ4v) is 4.38. The number of ether oxygens (including phenoxy) is 1. The Morgan fingerprint density at radius 2 is 1.97 bits per heavy atom. The highest BCUT2D eigenvalue weighted by Crippen LogP contribution is 2.35. The van der Waals surface area contributed by atoms with Crippen LogP contribution in [0.25, 0.3) is 22.6 Å². The van der Waals surface area contributed by atoms with Crippen molar-refractivity contribution in [2.45, 2.75) is 18.9 Å². The average molecular weight is 504 g/mol. The number of likely N-dealkylation sites (N-methyl/N-ethyl adjacent to an activating group) is 1. The fourth-order valence-electron chi connectivity index (χ4n) is 4.38. The summed E-state index contributed by atoms with van der Waals surface area (Å²) in [6.45, 7) is 1.72. The predicted molar refractivity (Wildman–Crippen MR) is 139 cm³/mol. The van der Waals surface area contributed by atoms with E-state index in [1.165, 1.54) is 6.39 Å². The monoisotopic (exact) mass is 503 g/mol. The van der Waals surface area contributed by atoms with Gasteiger partial charge in [0.1, 0.15) is 5.75 Å². The summed E-state index contributed by atoms with van der Waals surface area (Å²) in [5.74, 6) is 1.72. The molecule has 1 aliphatic heterocycles. The van der Waals surface area contributed by atoms with Gasteiger partial charge < -0.3 is 28.9 Å². The maximum Gasteiger partial charge on any atom is 0.299 e. The summed E-state index contributed by atoms with van der Waals surface area (Å²) < 4.78 is 16.9. The number of aromatic nitrogens is 2.